The van der Waals surface area contributed by atoms with Gasteiger partial charge in [-0.15, -0.1) is 10.2 Å². The Kier molecular flexibility index (Phi) is 5.84. The fourth-order valence-corrected chi connectivity index (χ4v) is 3.73. The van der Waals surface area contributed by atoms with Gasteiger partial charge in [-0.05, 0) is 19.8 Å². The predicted molar refractivity (Wildman–Crippen MR) is 90.5 cm³/mol. The van der Waals surface area contributed by atoms with E-state index in [1.165, 1.54) is 19.3 Å². The van der Waals surface area contributed by atoms with E-state index in [9.17, 15) is 4.79 Å². The van der Waals surface area contributed by atoms with Crippen molar-refractivity contribution in [3.05, 3.63) is 12.2 Å². The quantitative estimate of drug-likeness (QED) is 0.815. The largest absolute Gasteiger partial charge is 0.368 e. The summed E-state index contributed by atoms with van der Waals surface area (Å²) in [5, 5.41) is 8.18. The van der Waals surface area contributed by atoms with Crippen LogP contribution < -0.4 is 0 Å². The van der Waals surface area contributed by atoms with Gasteiger partial charge in [-0.2, -0.15) is 0 Å². The molecule has 0 aromatic carbocycles. The molecular formula is C17H29N5O2. The highest BCUT2D eigenvalue weighted by Crippen LogP contribution is 2.23. The number of aryl methyl sites for hydroxylation is 1. The van der Waals surface area contributed by atoms with Crippen LogP contribution in [-0.2, 0) is 16.1 Å². The molecule has 0 radical (unpaired) electrons. The van der Waals surface area contributed by atoms with E-state index in [0.29, 0.717) is 25.7 Å². The summed E-state index contributed by atoms with van der Waals surface area (Å²) in [5.41, 5.74) is 0. The normalized spacial score (nSPS) is 23.3. The summed E-state index contributed by atoms with van der Waals surface area (Å²) in [4.78, 5) is 16.8. The Hall–Kier alpha value is -1.47. The Labute approximate surface area is 144 Å². The van der Waals surface area contributed by atoms with Crippen molar-refractivity contribution in [1.82, 2.24) is 24.6 Å². The average Bonchev–Trinajstić information content (AvgIpc) is 3.11. The first-order valence-electron chi connectivity index (χ1n) is 9.16. The Morgan fingerprint density at radius 1 is 1.38 bits per heavy atom. The minimum Gasteiger partial charge on any atom is -0.368 e. The number of carbonyl (C=O) groups is 1. The number of hydrogen-bond donors (Lipinski definition) is 0. The number of likely N-dealkylation sites (N-methyl/N-ethyl adjacent to an activating group) is 1. The van der Waals surface area contributed by atoms with Crippen molar-refractivity contribution in [2.24, 2.45) is 0 Å². The van der Waals surface area contributed by atoms with Gasteiger partial charge in [0.25, 0.3) is 0 Å². The number of rotatable bonds is 5. The first-order chi connectivity index (χ1) is 11.7. The number of carbonyl (C=O) groups excluding carboxylic acids is 1. The van der Waals surface area contributed by atoms with Gasteiger partial charge in [-0.1, -0.05) is 19.3 Å². The van der Waals surface area contributed by atoms with Crippen LogP contribution in [0.25, 0.3) is 0 Å². The van der Waals surface area contributed by atoms with Crippen molar-refractivity contribution in [2.75, 3.05) is 33.3 Å². The molecule has 0 unspecified atom stereocenters. The van der Waals surface area contributed by atoms with Crippen molar-refractivity contribution in [3.63, 3.8) is 0 Å². The van der Waals surface area contributed by atoms with Gasteiger partial charge >= 0.3 is 0 Å². The summed E-state index contributed by atoms with van der Waals surface area (Å²) in [6.07, 6.45) is 7.72. The van der Waals surface area contributed by atoms with Gasteiger partial charge in [-0.25, -0.2) is 0 Å². The molecule has 3 rings (SSSR count). The van der Waals surface area contributed by atoms with E-state index in [-0.39, 0.29) is 12.0 Å². The van der Waals surface area contributed by atoms with Crippen LogP contribution in [0, 0.1) is 0 Å². The van der Waals surface area contributed by atoms with E-state index in [4.69, 9.17) is 4.74 Å². The van der Waals surface area contributed by atoms with Crippen molar-refractivity contribution < 1.29 is 9.53 Å². The number of amides is 1. The van der Waals surface area contributed by atoms with E-state index in [2.05, 4.69) is 22.0 Å². The van der Waals surface area contributed by atoms with Gasteiger partial charge in [0.2, 0.25) is 5.91 Å². The van der Waals surface area contributed by atoms with E-state index in [0.717, 1.165) is 31.8 Å². The first-order valence-corrected chi connectivity index (χ1v) is 9.16. The van der Waals surface area contributed by atoms with Crippen LogP contribution in [-0.4, -0.2) is 69.8 Å². The summed E-state index contributed by atoms with van der Waals surface area (Å²) >= 11 is 0. The third-order valence-corrected chi connectivity index (χ3v) is 5.30. The molecule has 1 amide bonds. The molecule has 134 valence electrons. The average molecular weight is 335 g/mol. The lowest BCUT2D eigenvalue weighted by atomic mass is 9.94. The number of hydrogen-bond acceptors (Lipinski definition) is 5. The van der Waals surface area contributed by atoms with Crippen LogP contribution in [0.4, 0.5) is 0 Å². The molecule has 2 heterocycles. The zero-order valence-corrected chi connectivity index (χ0v) is 14.9. The molecule has 1 saturated carbocycles. The lowest BCUT2D eigenvalue weighted by Gasteiger charge is -2.35. The van der Waals surface area contributed by atoms with Crippen molar-refractivity contribution in [2.45, 2.75) is 57.7 Å². The molecule has 1 atom stereocenters. The Bertz CT molecular complexity index is 541. The second-order valence-corrected chi connectivity index (χ2v) is 6.87. The third kappa shape index (κ3) is 3.95. The molecule has 1 aromatic heterocycles. The Balaban J connectivity index is 1.55. The zero-order chi connectivity index (χ0) is 16.9. The fraction of sp³-hybridized carbons (Fsp3) is 0.824. The number of ether oxygens (including phenoxy) is 1. The van der Waals surface area contributed by atoms with E-state index in [1.807, 2.05) is 16.5 Å². The van der Waals surface area contributed by atoms with Gasteiger partial charge < -0.3 is 14.2 Å². The molecule has 0 spiro atoms. The first kappa shape index (κ1) is 17.4. The zero-order valence-electron chi connectivity index (χ0n) is 14.9. The van der Waals surface area contributed by atoms with Crippen LogP contribution in [0.5, 0.6) is 0 Å². The fourth-order valence-electron chi connectivity index (χ4n) is 3.73. The predicted octanol–water partition coefficient (Wildman–Crippen LogP) is 1.46. The van der Waals surface area contributed by atoms with Crippen LogP contribution in [0.15, 0.2) is 6.33 Å². The summed E-state index contributed by atoms with van der Waals surface area (Å²) < 4.78 is 7.87. The van der Waals surface area contributed by atoms with E-state index >= 15 is 0 Å². The van der Waals surface area contributed by atoms with Crippen molar-refractivity contribution >= 4 is 5.91 Å². The monoisotopic (exact) mass is 335 g/mol. The van der Waals surface area contributed by atoms with E-state index < -0.39 is 0 Å². The van der Waals surface area contributed by atoms with E-state index in [1.54, 1.807) is 6.33 Å². The van der Waals surface area contributed by atoms with Gasteiger partial charge in [0, 0.05) is 32.7 Å². The highest BCUT2D eigenvalue weighted by molar-refractivity contribution is 5.78. The third-order valence-electron chi connectivity index (χ3n) is 5.30. The Morgan fingerprint density at radius 2 is 2.17 bits per heavy atom. The molecule has 1 aliphatic heterocycles. The SMILES string of the molecule is CCn1cnnc1[C@H]1CN(CC(=O)N(C)C2CCCCC2)CCO1. The number of nitrogens with zero attached hydrogens (tertiary/aromatic N) is 5. The topological polar surface area (TPSA) is 63.5 Å². The summed E-state index contributed by atoms with van der Waals surface area (Å²) in [7, 11) is 1.96. The smallest absolute Gasteiger partial charge is 0.236 e. The molecule has 24 heavy (non-hydrogen) atoms. The van der Waals surface area contributed by atoms with Crippen LogP contribution >= 0.6 is 0 Å². The van der Waals surface area contributed by atoms with Crippen LogP contribution in [0.2, 0.25) is 0 Å². The summed E-state index contributed by atoms with van der Waals surface area (Å²) in [6.45, 7) is 5.47. The molecule has 7 heteroatoms. The molecule has 0 N–H and O–H groups in total. The summed E-state index contributed by atoms with van der Waals surface area (Å²) in [5.74, 6) is 1.08. The summed E-state index contributed by atoms with van der Waals surface area (Å²) in [6, 6.07) is 0.422. The molecule has 2 fully saturated rings. The molecule has 1 saturated heterocycles. The molecule has 1 aliphatic carbocycles. The molecule has 1 aromatic rings. The lowest BCUT2D eigenvalue weighted by molar-refractivity contribution is -0.136. The lowest BCUT2D eigenvalue weighted by Crippen LogP contribution is -2.47. The molecular weight excluding hydrogens is 306 g/mol. The second-order valence-electron chi connectivity index (χ2n) is 6.87. The van der Waals surface area contributed by atoms with Crippen LogP contribution in [0.3, 0.4) is 0 Å². The Morgan fingerprint density at radius 3 is 2.92 bits per heavy atom. The minimum absolute atomic E-state index is 0.103. The van der Waals surface area contributed by atoms with Gasteiger partial charge in [0.1, 0.15) is 12.4 Å². The maximum Gasteiger partial charge on any atom is 0.236 e. The maximum absolute atomic E-state index is 12.6. The van der Waals surface area contributed by atoms with Crippen molar-refractivity contribution in [1.29, 1.82) is 0 Å². The molecule has 2 aliphatic rings. The number of morpholine rings is 1. The van der Waals surface area contributed by atoms with Gasteiger partial charge in [-0.3, -0.25) is 9.69 Å². The highest BCUT2D eigenvalue weighted by atomic mass is 16.5. The second kappa shape index (κ2) is 8.07. The number of aromatic nitrogens is 3. The van der Waals surface area contributed by atoms with Crippen LogP contribution in [0.1, 0.15) is 51.0 Å². The highest BCUT2D eigenvalue weighted by Gasteiger charge is 2.29. The molecule has 0 bridgehead atoms. The molecule has 7 nitrogen and oxygen atoms in total. The standard InChI is InChI=1S/C17H29N5O2/c1-3-22-13-18-19-17(22)15-11-21(9-10-24-15)12-16(23)20(2)14-7-5-4-6-8-14/h13-15H,3-12H2,1-2H3/t15-/m1/s1. The van der Waals surface area contributed by atoms with Crippen molar-refractivity contribution in [3.8, 4) is 0 Å². The van der Waals surface area contributed by atoms with Gasteiger partial charge in [0.05, 0.1) is 13.2 Å². The van der Waals surface area contributed by atoms with Gasteiger partial charge in [0.15, 0.2) is 5.82 Å². The maximum atomic E-state index is 12.6. The minimum atomic E-state index is -0.103.